The molecule has 0 bridgehead atoms. The lowest BCUT2D eigenvalue weighted by molar-refractivity contribution is 0.192. The smallest absolute Gasteiger partial charge is 0.283 e. The minimum Gasteiger partial charge on any atom is -0.387 e. The summed E-state index contributed by atoms with van der Waals surface area (Å²) < 4.78 is 1.97. The van der Waals surface area contributed by atoms with Gasteiger partial charge in [-0.25, -0.2) is 4.68 Å². The number of nitrogens with zero attached hydrogens (tertiary/aromatic N) is 2. The molecule has 112 valence electrons. The van der Waals surface area contributed by atoms with Gasteiger partial charge in [0.05, 0.1) is 18.0 Å². The Morgan fingerprint density at radius 2 is 2.38 bits per heavy atom. The van der Waals surface area contributed by atoms with Crippen molar-refractivity contribution in [2.45, 2.75) is 25.5 Å². The van der Waals surface area contributed by atoms with Gasteiger partial charge >= 0.3 is 0 Å². The number of halogens is 1. The van der Waals surface area contributed by atoms with Crippen LogP contribution in [-0.4, -0.2) is 21.4 Å². The Hall–Kier alpha value is -1.18. The average Bonchev–Trinajstić information content (AvgIpc) is 3.12. The molecule has 1 unspecified atom stereocenters. The van der Waals surface area contributed by atoms with E-state index < -0.39 is 6.10 Å². The molecule has 0 saturated heterocycles. The molecule has 1 saturated carbocycles. The lowest BCUT2D eigenvalue weighted by Gasteiger charge is -2.13. The largest absolute Gasteiger partial charge is 0.387 e. The highest BCUT2D eigenvalue weighted by molar-refractivity contribution is 9.10. The van der Waals surface area contributed by atoms with Gasteiger partial charge < -0.3 is 10.4 Å². The second-order valence-electron chi connectivity index (χ2n) is 5.26. The molecule has 0 amide bonds. The van der Waals surface area contributed by atoms with Crippen LogP contribution in [0.1, 0.15) is 24.5 Å². The molecular formula is C14H16BrN3O2S. The molecule has 2 aromatic rings. The number of aromatic nitrogens is 2. The summed E-state index contributed by atoms with van der Waals surface area (Å²) in [5.41, 5.74) is 1.36. The van der Waals surface area contributed by atoms with E-state index in [1.165, 1.54) is 17.5 Å². The van der Waals surface area contributed by atoms with E-state index in [4.69, 9.17) is 0 Å². The fraction of sp³-hybridized carbons (Fsp3) is 0.429. The third-order valence-corrected chi connectivity index (χ3v) is 4.99. The lowest BCUT2D eigenvalue weighted by Crippen LogP contribution is -2.26. The number of anilines is 1. The summed E-state index contributed by atoms with van der Waals surface area (Å²) >= 11 is 4.87. The molecular weight excluding hydrogens is 354 g/mol. The van der Waals surface area contributed by atoms with Crippen LogP contribution in [0.2, 0.25) is 0 Å². The summed E-state index contributed by atoms with van der Waals surface area (Å²) in [7, 11) is 0. The van der Waals surface area contributed by atoms with Gasteiger partial charge in [0.2, 0.25) is 0 Å². The Morgan fingerprint density at radius 3 is 3.05 bits per heavy atom. The van der Waals surface area contributed by atoms with E-state index in [9.17, 15) is 9.90 Å². The minimum atomic E-state index is -0.600. The van der Waals surface area contributed by atoms with Gasteiger partial charge in [-0.05, 0) is 57.1 Å². The standard InChI is InChI=1S/C14H16BrN3O2S/c15-13-11(16-6-12(19)10-3-4-21-8-10)5-17-18(14(13)20)7-9-1-2-9/h3-5,8-9,12,16,19H,1-2,6-7H2. The molecule has 1 aliphatic carbocycles. The van der Waals surface area contributed by atoms with Crippen molar-refractivity contribution >= 4 is 33.0 Å². The molecule has 21 heavy (non-hydrogen) atoms. The number of aliphatic hydroxyl groups excluding tert-OH is 1. The van der Waals surface area contributed by atoms with Crippen LogP contribution in [0.25, 0.3) is 0 Å². The zero-order valence-electron chi connectivity index (χ0n) is 11.3. The van der Waals surface area contributed by atoms with Crippen molar-refractivity contribution in [2.24, 2.45) is 5.92 Å². The maximum absolute atomic E-state index is 12.2. The molecule has 2 aromatic heterocycles. The fourth-order valence-electron chi connectivity index (χ4n) is 2.05. The number of hydrogen-bond donors (Lipinski definition) is 2. The normalized spacial score (nSPS) is 15.9. The molecule has 0 aromatic carbocycles. The summed E-state index contributed by atoms with van der Waals surface area (Å²) in [4.78, 5) is 12.2. The maximum atomic E-state index is 12.2. The van der Waals surface area contributed by atoms with Gasteiger partial charge in [-0.15, -0.1) is 0 Å². The van der Waals surface area contributed by atoms with Crippen LogP contribution >= 0.6 is 27.3 Å². The van der Waals surface area contributed by atoms with E-state index in [1.54, 1.807) is 17.5 Å². The van der Waals surface area contributed by atoms with Crippen LogP contribution < -0.4 is 10.9 Å². The van der Waals surface area contributed by atoms with Gasteiger partial charge in [-0.1, -0.05) is 0 Å². The highest BCUT2D eigenvalue weighted by Crippen LogP contribution is 2.30. The van der Waals surface area contributed by atoms with Crippen LogP contribution in [-0.2, 0) is 6.54 Å². The summed E-state index contributed by atoms with van der Waals surface area (Å²) in [5.74, 6) is 0.598. The Balaban J connectivity index is 1.68. The Bertz CT molecular complexity index is 667. The van der Waals surface area contributed by atoms with Gasteiger partial charge in [-0.2, -0.15) is 16.4 Å². The van der Waals surface area contributed by atoms with Gasteiger partial charge in [0, 0.05) is 13.1 Å². The number of thiophene rings is 1. The first kappa shape index (κ1) is 14.7. The Morgan fingerprint density at radius 1 is 1.57 bits per heavy atom. The van der Waals surface area contributed by atoms with Crippen molar-refractivity contribution in [1.82, 2.24) is 9.78 Å². The first-order valence-electron chi connectivity index (χ1n) is 6.85. The Labute approximate surface area is 134 Å². The average molecular weight is 370 g/mol. The summed E-state index contributed by atoms with van der Waals surface area (Å²) in [6, 6.07) is 1.89. The zero-order valence-corrected chi connectivity index (χ0v) is 13.7. The summed E-state index contributed by atoms with van der Waals surface area (Å²) in [6.45, 7) is 1.03. The zero-order chi connectivity index (χ0) is 14.8. The second-order valence-corrected chi connectivity index (χ2v) is 6.83. The molecule has 1 aliphatic rings. The van der Waals surface area contributed by atoms with Crippen LogP contribution in [0.5, 0.6) is 0 Å². The molecule has 7 heteroatoms. The van der Waals surface area contributed by atoms with Gasteiger partial charge in [0.1, 0.15) is 4.47 Å². The van der Waals surface area contributed by atoms with Crippen LogP contribution in [0.3, 0.4) is 0 Å². The number of hydrogen-bond acceptors (Lipinski definition) is 5. The molecule has 1 fully saturated rings. The third-order valence-electron chi connectivity index (χ3n) is 3.53. The highest BCUT2D eigenvalue weighted by Gasteiger charge is 2.23. The quantitative estimate of drug-likeness (QED) is 0.821. The van der Waals surface area contributed by atoms with E-state index in [0.717, 1.165) is 5.56 Å². The molecule has 0 spiro atoms. The summed E-state index contributed by atoms with van der Waals surface area (Å²) in [6.07, 6.45) is 3.39. The van der Waals surface area contributed by atoms with Crippen LogP contribution in [0, 0.1) is 5.92 Å². The molecule has 1 atom stereocenters. The SMILES string of the molecule is O=c1c(Br)c(NCC(O)c2ccsc2)cnn1CC1CC1. The molecule has 3 rings (SSSR count). The van der Waals surface area contributed by atoms with Crippen molar-refractivity contribution < 1.29 is 5.11 Å². The van der Waals surface area contributed by atoms with Crippen molar-refractivity contribution in [3.8, 4) is 0 Å². The predicted molar refractivity (Wildman–Crippen MR) is 86.7 cm³/mol. The highest BCUT2D eigenvalue weighted by atomic mass is 79.9. The third kappa shape index (κ3) is 3.53. The van der Waals surface area contributed by atoms with E-state index in [1.807, 2.05) is 16.8 Å². The predicted octanol–water partition coefficient (Wildman–Crippen LogP) is 2.62. The number of aliphatic hydroxyl groups is 1. The number of rotatable bonds is 6. The first-order chi connectivity index (χ1) is 10.1. The van der Waals surface area contributed by atoms with E-state index in [0.29, 0.717) is 29.2 Å². The van der Waals surface area contributed by atoms with Gasteiger partial charge in [0.15, 0.2) is 0 Å². The number of nitrogens with one attached hydrogen (secondary N) is 1. The van der Waals surface area contributed by atoms with E-state index in [2.05, 4.69) is 26.3 Å². The molecule has 0 radical (unpaired) electrons. The molecule has 2 N–H and O–H groups in total. The Kier molecular flexibility index (Phi) is 4.42. The fourth-order valence-corrected chi connectivity index (χ4v) is 3.21. The van der Waals surface area contributed by atoms with E-state index in [-0.39, 0.29) is 5.56 Å². The molecule has 2 heterocycles. The van der Waals surface area contributed by atoms with Crippen molar-refractivity contribution in [3.05, 3.63) is 43.4 Å². The van der Waals surface area contributed by atoms with Crippen LogP contribution in [0.4, 0.5) is 5.69 Å². The van der Waals surface area contributed by atoms with Crippen LogP contribution in [0.15, 0.2) is 32.3 Å². The van der Waals surface area contributed by atoms with Crippen molar-refractivity contribution in [1.29, 1.82) is 0 Å². The molecule has 5 nitrogen and oxygen atoms in total. The second kappa shape index (κ2) is 6.29. The first-order valence-corrected chi connectivity index (χ1v) is 8.58. The van der Waals surface area contributed by atoms with Crippen molar-refractivity contribution in [3.63, 3.8) is 0 Å². The minimum absolute atomic E-state index is 0.128. The summed E-state index contributed by atoms with van der Waals surface area (Å²) in [5, 5.41) is 21.1. The van der Waals surface area contributed by atoms with Gasteiger partial charge in [-0.3, -0.25) is 4.79 Å². The molecule has 0 aliphatic heterocycles. The maximum Gasteiger partial charge on any atom is 0.283 e. The lowest BCUT2D eigenvalue weighted by atomic mass is 10.2. The van der Waals surface area contributed by atoms with E-state index >= 15 is 0 Å². The van der Waals surface area contributed by atoms with Gasteiger partial charge in [0.25, 0.3) is 5.56 Å². The van der Waals surface area contributed by atoms with Crippen molar-refractivity contribution in [2.75, 3.05) is 11.9 Å². The monoisotopic (exact) mass is 369 g/mol. The topological polar surface area (TPSA) is 67.2 Å².